The minimum absolute atomic E-state index is 0.0214. The van der Waals surface area contributed by atoms with Crippen molar-refractivity contribution in [2.45, 2.75) is 0 Å². The van der Waals surface area contributed by atoms with Gasteiger partial charge in [-0.25, -0.2) is 0 Å². The molecule has 0 saturated heterocycles. The molecule has 0 radical (unpaired) electrons. The van der Waals surface area contributed by atoms with Crippen LogP contribution < -0.4 is 10.5 Å². The van der Waals surface area contributed by atoms with E-state index in [0.29, 0.717) is 10.8 Å². The first-order valence-electron chi connectivity index (χ1n) is 4.90. The van der Waals surface area contributed by atoms with Crippen molar-refractivity contribution >= 4 is 23.1 Å². The number of nitrogens with two attached hydrogens (primary N) is 1. The van der Waals surface area contributed by atoms with Crippen LogP contribution in [0.25, 0.3) is 0 Å². The lowest BCUT2D eigenvalue weighted by Gasteiger charge is -2.05. The van der Waals surface area contributed by atoms with E-state index >= 15 is 0 Å². The third kappa shape index (κ3) is 2.86. The molecule has 2 aromatic rings. The minimum Gasteiger partial charge on any atom is -0.439 e. The first-order chi connectivity index (χ1) is 8.54. The van der Waals surface area contributed by atoms with Crippen molar-refractivity contribution in [2.75, 3.05) is 5.73 Å². The Balaban J connectivity index is 2.28. The number of hydrogen-bond acceptors (Lipinski definition) is 5. The van der Waals surface area contributed by atoms with Gasteiger partial charge in [-0.2, -0.15) is 4.98 Å². The number of ether oxygens (including phenoxy) is 1. The normalized spacial score (nSPS) is 10.1. The van der Waals surface area contributed by atoms with Gasteiger partial charge >= 0.3 is 0 Å². The topological polar surface area (TPSA) is 91.3 Å². The fourth-order valence-electron chi connectivity index (χ4n) is 1.29. The van der Waals surface area contributed by atoms with Crippen LogP contribution in [0.15, 0.2) is 36.4 Å². The van der Waals surface area contributed by atoms with Crippen molar-refractivity contribution in [2.24, 2.45) is 0 Å². The summed E-state index contributed by atoms with van der Waals surface area (Å²) in [7, 11) is 0. The molecule has 0 atom stereocenters. The number of anilines is 1. The maximum Gasteiger partial charge on any atom is 0.278 e. The summed E-state index contributed by atoms with van der Waals surface area (Å²) in [4.78, 5) is 13.9. The smallest absolute Gasteiger partial charge is 0.278 e. The molecule has 0 aliphatic carbocycles. The fourth-order valence-corrected chi connectivity index (χ4v) is 1.42. The van der Waals surface area contributed by atoms with E-state index in [1.54, 1.807) is 24.3 Å². The van der Waals surface area contributed by atoms with E-state index < -0.39 is 4.92 Å². The molecule has 2 rings (SSSR count). The van der Waals surface area contributed by atoms with Crippen molar-refractivity contribution in [3.05, 3.63) is 51.5 Å². The molecule has 1 aromatic heterocycles. The average Bonchev–Trinajstić information content (AvgIpc) is 2.31. The quantitative estimate of drug-likeness (QED) is 0.680. The predicted octanol–water partition coefficient (Wildman–Crippen LogP) is 3.02. The molecule has 0 aliphatic heterocycles. The van der Waals surface area contributed by atoms with Gasteiger partial charge in [0, 0.05) is 5.02 Å². The van der Waals surface area contributed by atoms with Crippen LogP contribution >= 0.6 is 11.6 Å². The molecule has 2 N–H and O–H groups in total. The summed E-state index contributed by atoms with van der Waals surface area (Å²) in [5.41, 5.74) is 5.28. The van der Waals surface area contributed by atoms with E-state index in [2.05, 4.69) is 4.98 Å². The van der Waals surface area contributed by atoms with Crippen molar-refractivity contribution in [1.82, 2.24) is 4.98 Å². The summed E-state index contributed by atoms with van der Waals surface area (Å²) in [6.07, 6.45) is 0. The third-order valence-corrected chi connectivity index (χ3v) is 2.31. The largest absolute Gasteiger partial charge is 0.439 e. The Morgan fingerprint density at radius 3 is 2.56 bits per heavy atom. The predicted molar refractivity (Wildman–Crippen MR) is 66.8 cm³/mol. The summed E-state index contributed by atoms with van der Waals surface area (Å²) in [6.45, 7) is 0. The molecule has 0 unspecified atom stereocenters. The second kappa shape index (κ2) is 4.89. The summed E-state index contributed by atoms with van der Waals surface area (Å²) in [5, 5.41) is 11.2. The molecule has 7 heteroatoms. The molecule has 0 fully saturated rings. The molecular formula is C11H8ClN3O3. The van der Waals surface area contributed by atoms with Crippen LogP contribution in [0.5, 0.6) is 11.6 Å². The number of halogens is 1. The van der Waals surface area contributed by atoms with Gasteiger partial charge in [-0.1, -0.05) is 11.6 Å². The minimum atomic E-state index is -0.563. The zero-order chi connectivity index (χ0) is 13.1. The van der Waals surface area contributed by atoms with Gasteiger partial charge in [0.1, 0.15) is 11.6 Å². The highest BCUT2D eigenvalue weighted by atomic mass is 35.5. The van der Waals surface area contributed by atoms with E-state index in [-0.39, 0.29) is 17.4 Å². The summed E-state index contributed by atoms with van der Waals surface area (Å²) in [5.74, 6) is 0.545. The van der Waals surface area contributed by atoms with Gasteiger partial charge in [-0.15, -0.1) is 0 Å². The average molecular weight is 266 g/mol. The molecule has 1 heterocycles. The Bertz CT molecular complexity index is 587. The monoisotopic (exact) mass is 265 g/mol. The van der Waals surface area contributed by atoms with Crippen molar-refractivity contribution in [3.63, 3.8) is 0 Å². The highest BCUT2D eigenvalue weighted by Crippen LogP contribution is 2.26. The Labute approximate surface area is 107 Å². The Morgan fingerprint density at radius 2 is 1.94 bits per heavy atom. The SMILES string of the molecule is Nc1cc([N+](=O)[O-])cc(Oc2ccc(Cl)cc2)n1. The first kappa shape index (κ1) is 12.1. The second-order valence-corrected chi connectivity index (χ2v) is 3.84. The lowest BCUT2D eigenvalue weighted by atomic mass is 10.3. The van der Waals surface area contributed by atoms with Gasteiger partial charge in [-0.3, -0.25) is 10.1 Å². The van der Waals surface area contributed by atoms with Crippen LogP contribution in [0, 0.1) is 10.1 Å². The van der Waals surface area contributed by atoms with E-state index in [0.717, 1.165) is 6.07 Å². The highest BCUT2D eigenvalue weighted by Gasteiger charge is 2.11. The van der Waals surface area contributed by atoms with Crippen LogP contribution in [0.1, 0.15) is 0 Å². The van der Waals surface area contributed by atoms with Gasteiger partial charge in [0.25, 0.3) is 5.69 Å². The fraction of sp³-hybridized carbons (Fsp3) is 0. The highest BCUT2D eigenvalue weighted by molar-refractivity contribution is 6.30. The Hall–Kier alpha value is -2.34. The van der Waals surface area contributed by atoms with Crippen LogP contribution in [0.4, 0.5) is 11.5 Å². The van der Waals surface area contributed by atoms with Crippen LogP contribution in [0.2, 0.25) is 5.02 Å². The molecule has 0 amide bonds. The molecule has 1 aromatic carbocycles. The maximum atomic E-state index is 10.7. The molecule has 92 valence electrons. The van der Waals surface area contributed by atoms with Gasteiger partial charge in [-0.05, 0) is 24.3 Å². The maximum absolute atomic E-state index is 10.7. The summed E-state index contributed by atoms with van der Waals surface area (Å²) >= 11 is 5.73. The zero-order valence-corrected chi connectivity index (χ0v) is 9.79. The number of aromatic nitrogens is 1. The van der Waals surface area contributed by atoms with Gasteiger partial charge in [0.05, 0.1) is 17.1 Å². The van der Waals surface area contributed by atoms with Gasteiger partial charge in [0.2, 0.25) is 5.88 Å². The van der Waals surface area contributed by atoms with E-state index in [1.165, 1.54) is 6.07 Å². The van der Waals surface area contributed by atoms with Gasteiger partial charge < -0.3 is 10.5 Å². The number of hydrogen-bond donors (Lipinski definition) is 1. The molecule has 0 spiro atoms. The number of nitrogen functional groups attached to an aromatic ring is 1. The lowest BCUT2D eigenvalue weighted by Crippen LogP contribution is -1.97. The lowest BCUT2D eigenvalue weighted by molar-refractivity contribution is -0.384. The van der Waals surface area contributed by atoms with E-state index in [4.69, 9.17) is 22.1 Å². The summed E-state index contributed by atoms with van der Waals surface area (Å²) in [6, 6.07) is 8.88. The first-order valence-corrected chi connectivity index (χ1v) is 5.28. The molecule has 0 aliphatic rings. The number of nitrogens with zero attached hydrogens (tertiary/aromatic N) is 2. The standard InChI is InChI=1S/C11H8ClN3O3/c12-7-1-3-9(4-2-7)18-11-6-8(15(16)17)5-10(13)14-11/h1-6H,(H2,13,14). The van der Waals surface area contributed by atoms with Crippen molar-refractivity contribution in [3.8, 4) is 11.6 Å². The molecule has 6 nitrogen and oxygen atoms in total. The van der Waals surface area contributed by atoms with E-state index in [1.807, 2.05) is 0 Å². The van der Waals surface area contributed by atoms with E-state index in [9.17, 15) is 10.1 Å². The van der Waals surface area contributed by atoms with Crippen molar-refractivity contribution in [1.29, 1.82) is 0 Å². The number of nitro groups is 1. The molecule has 0 bridgehead atoms. The number of benzene rings is 1. The summed E-state index contributed by atoms with van der Waals surface area (Å²) < 4.78 is 5.35. The third-order valence-electron chi connectivity index (χ3n) is 2.05. The number of pyridine rings is 1. The van der Waals surface area contributed by atoms with Crippen LogP contribution in [0.3, 0.4) is 0 Å². The molecular weight excluding hydrogens is 258 g/mol. The second-order valence-electron chi connectivity index (χ2n) is 3.40. The number of rotatable bonds is 3. The Kier molecular flexibility index (Phi) is 3.29. The van der Waals surface area contributed by atoms with Crippen molar-refractivity contribution < 1.29 is 9.66 Å². The van der Waals surface area contributed by atoms with Crippen LogP contribution in [-0.2, 0) is 0 Å². The molecule has 0 saturated carbocycles. The van der Waals surface area contributed by atoms with Crippen LogP contribution in [-0.4, -0.2) is 9.91 Å². The molecule has 18 heavy (non-hydrogen) atoms. The zero-order valence-electron chi connectivity index (χ0n) is 9.04. The Morgan fingerprint density at radius 1 is 1.28 bits per heavy atom. The van der Waals surface area contributed by atoms with Gasteiger partial charge in [0.15, 0.2) is 0 Å².